The first-order valence-electron chi connectivity index (χ1n) is 6.41. The van der Waals surface area contributed by atoms with E-state index in [2.05, 4.69) is 13.5 Å². The highest BCUT2D eigenvalue weighted by Crippen LogP contribution is 2.48. The Balaban J connectivity index is 0.000000160. The molecule has 0 aromatic rings. The first kappa shape index (κ1) is 13.7. The van der Waals surface area contributed by atoms with E-state index in [1.165, 1.54) is 24.8 Å². The first-order valence-corrected chi connectivity index (χ1v) is 6.41. The molecule has 2 aliphatic carbocycles. The first-order chi connectivity index (χ1) is 7.62. The Bertz CT molecular complexity index is 211. The van der Waals surface area contributed by atoms with Gasteiger partial charge in [-0.25, -0.2) is 4.39 Å². The molecule has 0 heterocycles. The van der Waals surface area contributed by atoms with E-state index in [1.54, 1.807) is 7.11 Å². The number of halogens is 1. The third-order valence-corrected chi connectivity index (χ3v) is 3.78. The van der Waals surface area contributed by atoms with Crippen LogP contribution in [0.25, 0.3) is 0 Å². The summed E-state index contributed by atoms with van der Waals surface area (Å²) in [6.45, 7) is 7.00. The molecule has 1 nitrogen and oxygen atoms in total. The minimum absolute atomic E-state index is 0.541. The van der Waals surface area contributed by atoms with Crippen LogP contribution in [0.2, 0.25) is 0 Å². The van der Waals surface area contributed by atoms with Crippen molar-refractivity contribution in [1.29, 1.82) is 0 Å². The van der Waals surface area contributed by atoms with E-state index in [4.69, 9.17) is 4.74 Å². The monoisotopic (exact) mass is 228 g/mol. The fourth-order valence-corrected chi connectivity index (χ4v) is 2.07. The Morgan fingerprint density at radius 1 is 1.38 bits per heavy atom. The highest BCUT2D eigenvalue weighted by molar-refractivity contribution is 4.98. The van der Waals surface area contributed by atoms with Gasteiger partial charge in [0.15, 0.2) is 0 Å². The molecule has 2 saturated carbocycles. The molecule has 0 N–H and O–H groups in total. The molecule has 0 radical (unpaired) electrons. The molecule has 2 heteroatoms. The van der Waals surface area contributed by atoms with Gasteiger partial charge in [-0.2, -0.15) is 0 Å². The van der Waals surface area contributed by atoms with Crippen LogP contribution in [-0.2, 0) is 4.74 Å². The van der Waals surface area contributed by atoms with Crippen LogP contribution in [-0.4, -0.2) is 19.9 Å². The number of allylic oxidation sites excluding steroid dienone is 1. The van der Waals surface area contributed by atoms with Gasteiger partial charge in [0, 0.05) is 7.11 Å². The highest BCUT2D eigenvalue weighted by atomic mass is 19.1. The van der Waals surface area contributed by atoms with Gasteiger partial charge in [-0.3, -0.25) is 0 Å². The molecule has 0 unspecified atom stereocenters. The summed E-state index contributed by atoms with van der Waals surface area (Å²) in [5.41, 5.74) is 1.84. The van der Waals surface area contributed by atoms with Crippen molar-refractivity contribution in [2.24, 2.45) is 5.41 Å². The SMILES string of the molecule is C=C1CCC(F)CC1.CCC1(COC)CC1. The summed E-state index contributed by atoms with van der Waals surface area (Å²) in [7, 11) is 1.79. The second-order valence-electron chi connectivity index (χ2n) is 5.21. The van der Waals surface area contributed by atoms with E-state index < -0.39 is 6.17 Å². The molecule has 0 aromatic heterocycles. The van der Waals surface area contributed by atoms with E-state index in [0.29, 0.717) is 18.3 Å². The molecule has 0 amide bonds. The summed E-state index contributed by atoms with van der Waals surface area (Å²) in [6.07, 6.45) is 6.75. The summed E-state index contributed by atoms with van der Waals surface area (Å²) < 4.78 is 17.4. The molecular formula is C14H25FO. The minimum atomic E-state index is -0.541. The molecule has 0 aliphatic heterocycles. The van der Waals surface area contributed by atoms with E-state index in [1.807, 2.05) is 0 Å². The molecule has 0 aromatic carbocycles. The lowest BCUT2D eigenvalue weighted by Gasteiger charge is -2.15. The van der Waals surface area contributed by atoms with E-state index in [0.717, 1.165) is 19.4 Å². The van der Waals surface area contributed by atoms with Gasteiger partial charge in [0.05, 0.1) is 6.61 Å². The Labute approximate surface area is 99.1 Å². The van der Waals surface area contributed by atoms with Crippen LogP contribution < -0.4 is 0 Å². The van der Waals surface area contributed by atoms with Crippen molar-refractivity contribution in [2.45, 2.75) is 58.0 Å². The lowest BCUT2D eigenvalue weighted by Crippen LogP contribution is -2.06. The van der Waals surface area contributed by atoms with Gasteiger partial charge in [-0.15, -0.1) is 0 Å². The molecule has 0 atom stereocenters. The topological polar surface area (TPSA) is 9.23 Å². The number of hydrogen-bond donors (Lipinski definition) is 0. The molecule has 0 spiro atoms. The quantitative estimate of drug-likeness (QED) is 0.655. The molecule has 0 saturated heterocycles. The third kappa shape index (κ3) is 4.65. The Morgan fingerprint density at radius 2 is 1.94 bits per heavy atom. The van der Waals surface area contributed by atoms with Gasteiger partial charge < -0.3 is 4.74 Å². The smallest absolute Gasteiger partial charge is 0.101 e. The molecule has 94 valence electrons. The van der Waals surface area contributed by atoms with E-state index >= 15 is 0 Å². The molecule has 2 fully saturated rings. The largest absolute Gasteiger partial charge is 0.384 e. The van der Waals surface area contributed by atoms with Gasteiger partial charge in [-0.1, -0.05) is 19.1 Å². The van der Waals surface area contributed by atoms with Gasteiger partial charge in [0.25, 0.3) is 0 Å². The average Bonchev–Trinajstić information content (AvgIpc) is 3.05. The predicted octanol–water partition coefficient (Wildman–Crippen LogP) is 4.28. The molecule has 0 bridgehead atoms. The lowest BCUT2D eigenvalue weighted by molar-refractivity contribution is 0.139. The van der Waals surface area contributed by atoms with Crippen molar-refractivity contribution in [3.63, 3.8) is 0 Å². The van der Waals surface area contributed by atoms with Crippen molar-refractivity contribution in [3.05, 3.63) is 12.2 Å². The number of ether oxygens (including phenoxy) is 1. The number of hydrogen-bond acceptors (Lipinski definition) is 1. The number of methoxy groups -OCH3 is 1. The van der Waals surface area contributed by atoms with Crippen LogP contribution in [0.1, 0.15) is 51.9 Å². The second kappa shape index (κ2) is 6.39. The van der Waals surface area contributed by atoms with Crippen molar-refractivity contribution >= 4 is 0 Å². The molecular weight excluding hydrogens is 203 g/mol. The molecule has 16 heavy (non-hydrogen) atoms. The van der Waals surface area contributed by atoms with Gasteiger partial charge in [-0.05, 0) is 50.4 Å². The zero-order chi connectivity index (χ0) is 12.0. The zero-order valence-electron chi connectivity index (χ0n) is 10.7. The summed E-state index contributed by atoms with van der Waals surface area (Å²) in [5, 5.41) is 0. The number of rotatable bonds is 3. The van der Waals surface area contributed by atoms with Gasteiger partial charge in [0.1, 0.15) is 6.17 Å². The highest BCUT2D eigenvalue weighted by Gasteiger charge is 2.40. The van der Waals surface area contributed by atoms with Crippen LogP contribution in [0.3, 0.4) is 0 Å². The van der Waals surface area contributed by atoms with Crippen molar-refractivity contribution in [2.75, 3.05) is 13.7 Å². The van der Waals surface area contributed by atoms with Crippen LogP contribution in [0.5, 0.6) is 0 Å². The maximum absolute atomic E-state index is 12.3. The van der Waals surface area contributed by atoms with Crippen molar-refractivity contribution in [3.8, 4) is 0 Å². The zero-order valence-corrected chi connectivity index (χ0v) is 10.7. The van der Waals surface area contributed by atoms with Crippen LogP contribution in [0.4, 0.5) is 4.39 Å². The van der Waals surface area contributed by atoms with Crippen molar-refractivity contribution < 1.29 is 9.13 Å². The summed E-state index contributed by atoms with van der Waals surface area (Å²) in [6, 6.07) is 0. The minimum Gasteiger partial charge on any atom is -0.384 e. The van der Waals surface area contributed by atoms with Gasteiger partial charge in [0.2, 0.25) is 0 Å². The number of alkyl halides is 1. The predicted molar refractivity (Wildman–Crippen MR) is 66.3 cm³/mol. The Morgan fingerprint density at radius 3 is 2.19 bits per heavy atom. The Kier molecular flexibility index (Phi) is 5.47. The maximum Gasteiger partial charge on any atom is 0.101 e. The standard InChI is InChI=1S/C7H11F.C7H14O/c1-6-2-4-7(8)5-3-6;1-3-7(4-5-7)6-8-2/h7H,1-5H2;3-6H2,1-2H3. The van der Waals surface area contributed by atoms with E-state index in [9.17, 15) is 4.39 Å². The van der Waals surface area contributed by atoms with E-state index in [-0.39, 0.29) is 0 Å². The normalized spacial score (nSPS) is 23.6. The average molecular weight is 228 g/mol. The Hall–Kier alpha value is -0.370. The molecule has 2 rings (SSSR count). The van der Waals surface area contributed by atoms with Crippen molar-refractivity contribution in [1.82, 2.24) is 0 Å². The fraction of sp³-hybridized carbons (Fsp3) is 0.857. The summed E-state index contributed by atoms with van der Waals surface area (Å²) in [4.78, 5) is 0. The summed E-state index contributed by atoms with van der Waals surface area (Å²) in [5.74, 6) is 0. The van der Waals surface area contributed by atoms with Crippen LogP contribution >= 0.6 is 0 Å². The van der Waals surface area contributed by atoms with Crippen LogP contribution in [0, 0.1) is 5.41 Å². The maximum atomic E-state index is 12.3. The summed E-state index contributed by atoms with van der Waals surface area (Å²) >= 11 is 0. The molecule has 2 aliphatic rings. The second-order valence-corrected chi connectivity index (χ2v) is 5.21. The third-order valence-electron chi connectivity index (χ3n) is 3.78. The van der Waals surface area contributed by atoms with Gasteiger partial charge >= 0.3 is 0 Å². The van der Waals surface area contributed by atoms with Crippen LogP contribution in [0.15, 0.2) is 12.2 Å². The lowest BCUT2D eigenvalue weighted by atomic mass is 9.95. The fourth-order valence-electron chi connectivity index (χ4n) is 2.07.